The van der Waals surface area contributed by atoms with Gasteiger partial charge in [-0.3, -0.25) is 4.55 Å². The Kier molecular flexibility index (Phi) is 6.70. The van der Waals surface area contributed by atoms with Gasteiger partial charge in [-0.2, -0.15) is 14.3 Å². The maximum absolute atomic E-state index is 10.9. The molecular formula is C15H17NO6S. The predicted molar refractivity (Wildman–Crippen MR) is 83.6 cm³/mol. The van der Waals surface area contributed by atoms with E-state index in [4.69, 9.17) is 15.2 Å². The van der Waals surface area contributed by atoms with Crippen LogP contribution in [0, 0.1) is 6.92 Å². The van der Waals surface area contributed by atoms with Gasteiger partial charge in [0.05, 0.1) is 17.6 Å². The SMILES string of the molecule is COc1cccc(C(=O)ON)c1.Cc1ccc(S(=O)(=O)O)cc1. The Bertz CT molecular complexity index is 756. The average molecular weight is 339 g/mol. The van der Waals surface area contributed by atoms with Crippen LogP contribution in [0.25, 0.3) is 0 Å². The first-order valence-corrected chi connectivity index (χ1v) is 7.81. The second kappa shape index (κ2) is 8.28. The maximum atomic E-state index is 10.9. The first kappa shape index (κ1) is 18.6. The fraction of sp³-hybridized carbons (Fsp3) is 0.133. The molecular weight excluding hydrogens is 322 g/mol. The van der Waals surface area contributed by atoms with Gasteiger partial charge in [0.25, 0.3) is 10.1 Å². The number of nitrogens with two attached hydrogens (primary N) is 1. The summed E-state index contributed by atoms with van der Waals surface area (Å²) in [6.45, 7) is 1.84. The van der Waals surface area contributed by atoms with E-state index in [1.54, 1.807) is 36.4 Å². The van der Waals surface area contributed by atoms with Gasteiger partial charge in [-0.05, 0) is 37.3 Å². The van der Waals surface area contributed by atoms with Gasteiger partial charge in [0.1, 0.15) is 5.75 Å². The summed E-state index contributed by atoms with van der Waals surface area (Å²) in [5.41, 5.74) is 1.33. The van der Waals surface area contributed by atoms with Gasteiger partial charge in [0, 0.05) is 0 Å². The van der Waals surface area contributed by atoms with Crippen LogP contribution in [0.4, 0.5) is 0 Å². The summed E-state index contributed by atoms with van der Waals surface area (Å²) in [6, 6.07) is 12.5. The highest BCUT2D eigenvalue weighted by Gasteiger charge is 2.07. The van der Waals surface area contributed by atoms with E-state index < -0.39 is 16.1 Å². The lowest BCUT2D eigenvalue weighted by Crippen LogP contribution is -2.09. The zero-order valence-corrected chi connectivity index (χ0v) is 13.4. The van der Waals surface area contributed by atoms with Crippen LogP contribution in [0.1, 0.15) is 15.9 Å². The van der Waals surface area contributed by atoms with Gasteiger partial charge in [-0.1, -0.05) is 23.8 Å². The van der Waals surface area contributed by atoms with E-state index in [2.05, 4.69) is 4.84 Å². The minimum atomic E-state index is -4.02. The standard InChI is InChI=1S/C8H9NO3.C7H8O3S/c1-11-7-4-2-3-6(5-7)8(10)12-9;1-6-2-4-7(5-3-6)11(8,9)10/h2-5H,9H2,1H3;2-5H,1H3,(H,8,9,10). The fourth-order valence-electron chi connectivity index (χ4n) is 1.53. The molecule has 0 saturated carbocycles. The highest BCUT2D eigenvalue weighted by Crippen LogP contribution is 2.12. The molecule has 0 heterocycles. The van der Waals surface area contributed by atoms with Crippen molar-refractivity contribution in [3.63, 3.8) is 0 Å². The molecule has 0 radical (unpaired) electrons. The zero-order valence-electron chi connectivity index (χ0n) is 12.6. The molecule has 2 aromatic carbocycles. The third kappa shape index (κ3) is 6.07. The lowest BCUT2D eigenvalue weighted by atomic mass is 10.2. The normalized spacial score (nSPS) is 10.3. The largest absolute Gasteiger partial charge is 0.497 e. The predicted octanol–water partition coefficient (Wildman–Crippen LogP) is 1.97. The van der Waals surface area contributed by atoms with Gasteiger partial charge in [-0.15, -0.1) is 0 Å². The molecule has 0 aromatic heterocycles. The Hall–Kier alpha value is -2.42. The quantitative estimate of drug-likeness (QED) is 0.648. The van der Waals surface area contributed by atoms with Gasteiger partial charge < -0.3 is 9.57 Å². The van der Waals surface area contributed by atoms with E-state index >= 15 is 0 Å². The third-order valence-electron chi connectivity index (χ3n) is 2.73. The number of methoxy groups -OCH3 is 1. The van der Waals surface area contributed by atoms with E-state index in [1.807, 2.05) is 6.92 Å². The van der Waals surface area contributed by atoms with Crippen molar-refractivity contribution in [1.29, 1.82) is 0 Å². The van der Waals surface area contributed by atoms with Gasteiger partial charge in [-0.25, -0.2) is 4.79 Å². The first-order valence-electron chi connectivity index (χ1n) is 6.37. The van der Waals surface area contributed by atoms with Crippen LogP contribution in [0.5, 0.6) is 5.75 Å². The Balaban J connectivity index is 0.000000231. The Morgan fingerprint density at radius 1 is 1.13 bits per heavy atom. The highest BCUT2D eigenvalue weighted by atomic mass is 32.2. The molecule has 0 unspecified atom stereocenters. The molecule has 23 heavy (non-hydrogen) atoms. The van der Waals surface area contributed by atoms with E-state index in [0.717, 1.165) is 5.56 Å². The highest BCUT2D eigenvalue weighted by molar-refractivity contribution is 7.85. The molecule has 0 aliphatic carbocycles. The summed E-state index contributed by atoms with van der Waals surface area (Å²) < 4.78 is 34.5. The average Bonchev–Trinajstić information content (AvgIpc) is 2.54. The molecule has 0 atom stereocenters. The summed E-state index contributed by atoms with van der Waals surface area (Å²) in [6.07, 6.45) is 0. The summed E-state index contributed by atoms with van der Waals surface area (Å²) in [4.78, 5) is 14.9. The number of carbonyl (C=O) groups excluding carboxylic acids is 1. The van der Waals surface area contributed by atoms with Crippen molar-refractivity contribution in [3.8, 4) is 5.75 Å². The van der Waals surface area contributed by atoms with Crippen molar-refractivity contribution in [2.45, 2.75) is 11.8 Å². The molecule has 0 aliphatic heterocycles. The van der Waals surface area contributed by atoms with Crippen LogP contribution in [0.15, 0.2) is 53.4 Å². The molecule has 0 aliphatic rings. The molecule has 124 valence electrons. The molecule has 8 heteroatoms. The van der Waals surface area contributed by atoms with E-state index in [1.165, 1.54) is 19.2 Å². The molecule has 0 amide bonds. The number of hydrogen-bond donors (Lipinski definition) is 2. The van der Waals surface area contributed by atoms with Crippen molar-refractivity contribution in [2.75, 3.05) is 7.11 Å². The minimum Gasteiger partial charge on any atom is -0.497 e. The molecule has 2 aromatic rings. The second-order valence-electron chi connectivity index (χ2n) is 4.43. The lowest BCUT2D eigenvalue weighted by molar-refractivity contribution is 0.0503. The monoisotopic (exact) mass is 339 g/mol. The molecule has 0 bridgehead atoms. The topological polar surface area (TPSA) is 116 Å². The van der Waals surface area contributed by atoms with Crippen LogP contribution in [0.3, 0.4) is 0 Å². The minimum absolute atomic E-state index is 0.0666. The molecule has 3 N–H and O–H groups in total. The summed E-state index contributed by atoms with van der Waals surface area (Å²) >= 11 is 0. The van der Waals surface area contributed by atoms with E-state index in [9.17, 15) is 13.2 Å². The van der Waals surface area contributed by atoms with E-state index in [0.29, 0.717) is 11.3 Å². The van der Waals surface area contributed by atoms with Crippen molar-refractivity contribution in [1.82, 2.24) is 0 Å². The number of rotatable bonds is 3. The van der Waals surface area contributed by atoms with Gasteiger partial charge >= 0.3 is 5.97 Å². The molecule has 2 rings (SSSR count). The molecule has 0 fully saturated rings. The lowest BCUT2D eigenvalue weighted by Gasteiger charge is -2.01. The number of carbonyl (C=O) groups is 1. The summed E-state index contributed by atoms with van der Waals surface area (Å²) in [5.74, 6) is 4.73. The van der Waals surface area contributed by atoms with Crippen molar-refractivity contribution >= 4 is 16.1 Å². The first-order chi connectivity index (χ1) is 10.8. The molecule has 0 spiro atoms. The Morgan fingerprint density at radius 3 is 2.22 bits per heavy atom. The van der Waals surface area contributed by atoms with Crippen LogP contribution in [-0.2, 0) is 15.0 Å². The number of aryl methyl sites for hydroxylation is 1. The van der Waals surface area contributed by atoms with Crippen LogP contribution < -0.4 is 10.6 Å². The van der Waals surface area contributed by atoms with Crippen LogP contribution >= 0.6 is 0 Å². The summed E-state index contributed by atoms with van der Waals surface area (Å²) in [7, 11) is -2.50. The smallest absolute Gasteiger partial charge is 0.356 e. The second-order valence-corrected chi connectivity index (χ2v) is 5.85. The third-order valence-corrected chi connectivity index (χ3v) is 3.60. The van der Waals surface area contributed by atoms with Crippen LogP contribution in [-0.4, -0.2) is 26.0 Å². The van der Waals surface area contributed by atoms with Crippen LogP contribution in [0.2, 0.25) is 0 Å². The number of benzene rings is 2. The Labute approximate surface area is 134 Å². The Morgan fingerprint density at radius 2 is 1.74 bits per heavy atom. The fourth-order valence-corrected chi connectivity index (χ4v) is 2.01. The van der Waals surface area contributed by atoms with E-state index in [-0.39, 0.29) is 4.90 Å². The van der Waals surface area contributed by atoms with Crippen molar-refractivity contribution in [2.24, 2.45) is 5.90 Å². The van der Waals surface area contributed by atoms with Gasteiger partial charge in [0.15, 0.2) is 0 Å². The number of hydrogen-bond acceptors (Lipinski definition) is 6. The number of ether oxygens (including phenoxy) is 1. The zero-order chi connectivity index (χ0) is 17.5. The molecule has 0 saturated heterocycles. The maximum Gasteiger partial charge on any atom is 0.356 e. The molecule has 7 nitrogen and oxygen atoms in total. The summed E-state index contributed by atoms with van der Waals surface area (Å²) in [5, 5.41) is 0. The van der Waals surface area contributed by atoms with Gasteiger partial charge in [0.2, 0.25) is 0 Å². The van der Waals surface area contributed by atoms with Crippen molar-refractivity contribution in [3.05, 3.63) is 59.7 Å². The van der Waals surface area contributed by atoms with Crippen molar-refractivity contribution < 1.29 is 27.3 Å².